The van der Waals surface area contributed by atoms with Crippen molar-refractivity contribution in [1.82, 2.24) is 9.78 Å². The van der Waals surface area contributed by atoms with Gasteiger partial charge in [0.1, 0.15) is 12.2 Å². The highest BCUT2D eigenvalue weighted by Crippen LogP contribution is 2.32. The Morgan fingerprint density at radius 1 is 1.33 bits per heavy atom. The third-order valence-electron chi connectivity index (χ3n) is 4.05. The van der Waals surface area contributed by atoms with E-state index in [1.807, 2.05) is 39.0 Å². The van der Waals surface area contributed by atoms with Gasteiger partial charge < -0.3 is 10.2 Å². The first-order valence-electron chi connectivity index (χ1n) is 8.75. The van der Waals surface area contributed by atoms with Gasteiger partial charge in [-0.2, -0.15) is 5.10 Å². The highest BCUT2D eigenvalue weighted by molar-refractivity contribution is 8.00. The Kier molecular flexibility index (Phi) is 5.65. The smallest absolute Gasteiger partial charge is 0.292 e. The minimum Gasteiger partial charge on any atom is -0.324 e. The molecule has 2 heterocycles. The summed E-state index contributed by atoms with van der Waals surface area (Å²) in [6.07, 6.45) is 1.56. The Bertz CT molecular complexity index is 939. The largest absolute Gasteiger partial charge is 0.324 e. The van der Waals surface area contributed by atoms with E-state index < -0.39 is 5.56 Å². The van der Waals surface area contributed by atoms with Crippen LogP contribution in [0.1, 0.15) is 19.4 Å². The van der Waals surface area contributed by atoms with Gasteiger partial charge in [0.2, 0.25) is 11.8 Å². The average Bonchev–Trinajstić information content (AvgIpc) is 2.59. The van der Waals surface area contributed by atoms with Gasteiger partial charge in [-0.15, -0.1) is 11.8 Å². The SMILES string of the molecule is Cc1cccc(NC(=O)Cn2ncc3c(c2=O)N(CC(C)C)C(=O)CS3)c1. The maximum absolute atomic E-state index is 12.9. The molecule has 142 valence electrons. The molecule has 27 heavy (non-hydrogen) atoms. The number of amides is 2. The first-order chi connectivity index (χ1) is 12.8. The highest BCUT2D eigenvalue weighted by Gasteiger charge is 2.29. The summed E-state index contributed by atoms with van der Waals surface area (Å²) in [6, 6.07) is 7.42. The van der Waals surface area contributed by atoms with Crippen molar-refractivity contribution in [2.24, 2.45) is 5.92 Å². The summed E-state index contributed by atoms with van der Waals surface area (Å²) in [4.78, 5) is 39.8. The molecule has 1 aromatic carbocycles. The molecule has 0 fully saturated rings. The van der Waals surface area contributed by atoms with Crippen LogP contribution in [0.25, 0.3) is 0 Å². The van der Waals surface area contributed by atoms with Crippen LogP contribution in [-0.2, 0) is 16.1 Å². The zero-order valence-electron chi connectivity index (χ0n) is 15.6. The van der Waals surface area contributed by atoms with Crippen LogP contribution in [0.5, 0.6) is 0 Å². The van der Waals surface area contributed by atoms with Crippen molar-refractivity contribution >= 4 is 35.0 Å². The first kappa shape index (κ1) is 19.2. The molecule has 1 N–H and O–H groups in total. The molecule has 8 heteroatoms. The minimum absolute atomic E-state index is 0.0970. The quantitative estimate of drug-likeness (QED) is 0.852. The number of hydrogen-bond acceptors (Lipinski definition) is 5. The number of nitrogens with zero attached hydrogens (tertiary/aromatic N) is 3. The number of rotatable bonds is 5. The summed E-state index contributed by atoms with van der Waals surface area (Å²) in [7, 11) is 0. The molecule has 3 rings (SSSR count). The van der Waals surface area contributed by atoms with Gasteiger partial charge in [0, 0.05) is 12.2 Å². The molecule has 0 bridgehead atoms. The second-order valence-corrected chi connectivity index (χ2v) is 7.94. The molecule has 0 saturated heterocycles. The fourth-order valence-corrected chi connectivity index (χ4v) is 3.78. The first-order valence-corrected chi connectivity index (χ1v) is 9.73. The van der Waals surface area contributed by atoms with Crippen molar-refractivity contribution < 1.29 is 9.59 Å². The number of aromatic nitrogens is 2. The molecule has 0 spiro atoms. The van der Waals surface area contributed by atoms with Gasteiger partial charge in [0.25, 0.3) is 5.56 Å². The van der Waals surface area contributed by atoms with Crippen LogP contribution in [-0.4, -0.2) is 33.9 Å². The van der Waals surface area contributed by atoms with E-state index in [0.29, 0.717) is 28.6 Å². The van der Waals surface area contributed by atoms with E-state index >= 15 is 0 Å². The zero-order valence-corrected chi connectivity index (χ0v) is 16.4. The maximum atomic E-state index is 12.9. The predicted molar refractivity (Wildman–Crippen MR) is 106 cm³/mol. The van der Waals surface area contributed by atoms with Gasteiger partial charge in [0.05, 0.1) is 16.8 Å². The van der Waals surface area contributed by atoms with Crippen molar-refractivity contribution in [3.05, 3.63) is 46.4 Å². The monoisotopic (exact) mass is 386 g/mol. The fourth-order valence-electron chi connectivity index (χ4n) is 2.89. The maximum Gasteiger partial charge on any atom is 0.292 e. The van der Waals surface area contributed by atoms with E-state index in [4.69, 9.17) is 0 Å². The van der Waals surface area contributed by atoms with Crippen molar-refractivity contribution in [2.45, 2.75) is 32.2 Å². The van der Waals surface area contributed by atoms with Crippen molar-refractivity contribution in [2.75, 3.05) is 22.5 Å². The number of aryl methyl sites for hydroxylation is 1. The molecule has 7 nitrogen and oxygen atoms in total. The fraction of sp³-hybridized carbons (Fsp3) is 0.368. The van der Waals surface area contributed by atoms with Crippen LogP contribution in [0.4, 0.5) is 11.4 Å². The number of hydrogen-bond donors (Lipinski definition) is 1. The molecular formula is C19H22N4O3S. The molecule has 1 aliphatic rings. The van der Waals surface area contributed by atoms with Crippen LogP contribution in [0.3, 0.4) is 0 Å². The molecule has 1 aromatic heterocycles. The normalized spacial score (nSPS) is 13.6. The number of benzene rings is 1. The number of thioether (sulfide) groups is 1. The van der Waals surface area contributed by atoms with Gasteiger partial charge in [0.15, 0.2) is 0 Å². The van der Waals surface area contributed by atoms with Crippen molar-refractivity contribution in [3.8, 4) is 0 Å². The molecule has 1 aliphatic heterocycles. The van der Waals surface area contributed by atoms with Gasteiger partial charge in [-0.1, -0.05) is 26.0 Å². The Labute approximate surface area is 161 Å². The Morgan fingerprint density at radius 2 is 2.11 bits per heavy atom. The van der Waals surface area contributed by atoms with Gasteiger partial charge in [-0.3, -0.25) is 14.4 Å². The number of carbonyl (C=O) groups excluding carboxylic acids is 2. The van der Waals surface area contributed by atoms with Crippen molar-refractivity contribution in [1.29, 1.82) is 0 Å². The zero-order chi connectivity index (χ0) is 19.6. The Morgan fingerprint density at radius 3 is 2.81 bits per heavy atom. The molecule has 0 radical (unpaired) electrons. The third-order valence-corrected chi connectivity index (χ3v) is 5.05. The molecular weight excluding hydrogens is 364 g/mol. The van der Waals surface area contributed by atoms with Crippen LogP contribution in [0.15, 0.2) is 40.2 Å². The van der Waals surface area contributed by atoms with E-state index in [9.17, 15) is 14.4 Å². The van der Waals surface area contributed by atoms with Crippen LogP contribution in [0, 0.1) is 12.8 Å². The summed E-state index contributed by atoms with van der Waals surface area (Å²) in [5, 5.41) is 6.88. The predicted octanol–water partition coefficient (Wildman–Crippen LogP) is 2.29. The number of nitrogens with one attached hydrogen (secondary N) is 1. The van der Waals surface area contributed by atoms with Crippen LogP contribution >= 0.6 is 11.8 Å². The lowest BCUT2D eigenvalue weighted by Crippen LogP contribution is -2.44. The Balaban J connectivity index is 1.85. The van der Waals surface area contributed by atoms with Gasteiger partial charge in [-0.25, -0.2) is 4.68 Å². The number of carbonyl (C=O) groups is 2. The van der Waals surface area contributed by atoms with Crippen molar-refractivity contribution in [3.63, 3.8) is 0 Å². The minimum atomic E-state index is -0.423. The third kappa shape index (κ3) is 4.39. The van der Waals surface area contributed by atoms with Gasteiger partial charge >= 0.3 is 0 Å². The van der Waals surface area contributed by atoms with E-state index in [0.717, 1.165) is 10.2 Å². The van der Waals surface area contributed by atoms with E-state index in [1.54, 1.807) is 12.3 Å². The highest BCUT2D eigenvalue weighted by atomic mass is 32.2. The standard InChI is InChI=1S/C19H22N4O3S/c1-12(2)9-22-17(25)11-27-15-8-20-23(19(26)18(15)22)10-16(24)21-14-6-4-5-13(3)7-14/h4-8,12H,9-11H2,1-3H3,(H,21,24). The lowest BCUT2D eigenvalue weighted by molar-refractivity contribution is -0.117. The molecule has 2 amide bonds. The van der Waals surface area contributed by atoms with Gasteiger partial charge in [-0.05, 0) is 30.5 Å². The summed E-state index contributed by atoms with van der Waals surface area (Å²) in [5.41, 5.74) is 1.59. The topological polar surface area (TPSA) is 84.3 Å². The molecule has 2 aromatic rings. The molecule has 0 unspecified atom stereocenters. The van der Waals surface area contributed by atoms with Crippen LogP contribution in [0.2, 0.25) is 0 Å². The molecule has 0 aliphatic carbocycles. The van der Waals surface area contributed by atoms with Crippen LogP contribution < -0.4 is 15.8 Å². The Hall–Kier alpha value is -2.61. The summed E-state index contributed by atoms with van der Waals surface area (Å²) < 4.78 is 1.11. The number of anilines is 2. The van der Waals surface area contributed by atoms with E-state index in [-0.39, 0.29) is 24.3 Å². The lowest BCUT2D eigenvalue weighted by atomic mass is 10.2. The van der Waals surface area contributed by atoms with E-state index in [1.165, 1.54) is 16.7 Å². The second kappa shape index (κ2) is 7.96. The second-order valence-electron chi connectivity index (χ2n) is 6.92. The average molecular weight is 386 g/mol. The van der Waals surface area contributed by atoms with E-state index in [2.05, 4.69) is 10.4 Å². The summed E-state index contributed by atoms with van der Waals surface area (Å²) >= 11 is 1.31. The summed E-state index contributed by atoms with van der Waals surface area (Å²) in [5.74, 6) is 0.0646. The number of fused-ring (bicyclic) bond motifs is 1. The lowest BCUT2D eigenvalue weighted by Gasteiger charge is -2.29. The molecule has 0 saturated carbocycles. The molecule has 0 atom stereocenters. The summed E-state index contributed by atoms with van der Waals surface area (Å²) in [6.45, 7) is 6.16.